The Labute approximate surface area is 74.1 Å². The van der Waals surface area contributed by atoms with E-state index in [0.29, 0.717) is 11.3 Å². The van der Waals surface area contributed by atoms with Gasteiger partial charge in [0, 0.05) is 0 Å². The highest BCUT2D eigenvalue weighted by Gasteiger charge is 2.50. The van der Waals surface area contributed by atoms with Crippen LogP contribution in [0.15, 0.2) is 0 Å². The molecule has 0 aromatic heterocycles. The van der Waals surface area contributed by atoms with E-state index >= 15 is 0 Å². The average Bonchev–Trinajstić information content (AvgIpc) is 2.86. The highest BCUT2D eigenvalue weighted by molar-refractivity contribution is 5.02. The second kappa shape index (κ2) is 3.00. The summed E-state index contributed by atoms with van der Waals surface area (Å²) >= 11 is 0. The molecule has 2 heteroatoms. The first-order chi connectivity index (χ1) is 5.78. The monoisotopic (exact) mass is 169 g/mol. The van der Waals surface area contributed by atoms with Crippen molar-refractivity contribution in [1.82, 2.24) is 0 Å². The SMILES string of the molecule is NCC1(C2CCCCC2O)CC1. The van der Waals surface area contributed by atoms with Crippen molar-refractivity contribution in [2.45, 2.75) is 44.6 Å². The van der Waals surface area contributed by atoms with Crippen molar-refractivity contribution in [1.29, 1.82) is 0 Å². The lowest BCUT2D eigenvalue weighted by Crippen LogP contribution is -2.36. The molecule has 12 heavy (non-hydrogen) atoms. The molecule has 3 N–H and O–H groups in total. The van der Waals surface area contributed by atoms with E-state index in [4.69, 9.17) is 5.73 Å². The number of rotatable bonds is 2. The molecular formula is C10H19NO. The summed E-state index contributed by atoms with van der Waals surface area (Å²) in [5.74, 6) is 0.524. The molecule has 2 aliphatic carbocycles. The van der Waals surface area contributed by atoms with Gasteiger partial charge in [-0.15, -0.1) is 0 Å². The molecule has 2 rings (SSSR count). The van der Waals surface area contributed by atoms with Crippen molar-refractivity contribution >= 4 is 0 Å². The van der Waals surface area contributed by atoms with Crippen molar-refractivity contribution in [3.63, 3.8) is 0 Å². The minimum absolute atomic E-state index is 0.0511. The molecule has 0 aromatic rings. The average molecular weight is 169 g/mol. The minimum Gasteiger partial charge on any atom is -0.393 e. The van der Waals surface area contributed by atoms with Crippen molar-refractivity contribution < 1.29 is 5.11 Å². The third-order valence-electron chi connectivity index (χ3n) is 3.81. The highest BCUT2D eigenvalue weighted by atomic mass is 16.3. The van der Waals surface area contributed by atoms with Crippen LogP contribution in [-0.2, 0) is 0 Å². The second-order valence-corrected chi connectivity index (χ2v) is 4.52. The van der Waals surface area contributed by atoms with Crippen LogP contribution in [-0.4, -0.2) is 17.8 Å². The Morgan fingerprint density at radius 3 is 2.42 bits per heavy atom. The van der Waals surface area contributed by atoms with Crippen molar-refractivity contribution in [2.24, 2.45) is 17.1 Å². The Balaban J connectivity index is 2.01. The van der Waals surface area contributed by atoms with Gasteiger partial charge in [-0.1, -0.05) is 12.8 Å². The molecule has 0 aliphatic heterocycles. The van der Waals surface area contributed by atoms with Crippen LogP contribution in [0.25, 0.3) is 0 Å². The standard InChI is InChI=1S/C10H19NO/c11-7-10(5-6-10)8-3-1-2-4-9(8)12/h8-9,12H,1-7,11H2. The first-order valence-electron chi connectivity index (χ1n) is 5.17. The van der Waals surface area contributed by atoms with Crippen LogP contribution in [0.3, 0.4) is 0 Å². The topological polar surface area (TPSA) is 46.2 Å². The van der Waals surface area contributed by atoms with Gasteiger partial charge in [0.15, 0.2) is 0 Å². The van der Waals surface area contributed by atoms with E-state index < -0.39 is 0 Å². The molecule has 0 spiro atoms. The molecule has 0 radical (unpaired) electrons. The zero-order valence-electron chi connectivity index (χ0n) is 7.63. The molecule has 2 saturated carbocycles. The fraction of sp³-hybridized carbons (Fsp3) is 1.00. The third kappa shape index (κ3) is 1.27. The largest absolute Gasteiger partial charge is 0.393 e. The van der Waals surface area contributed by atoms with Crippen LogP contribution < -0.4 is 5.73 Å². The maximum atomic E-state index is 9.82. The number of nitrogens with two attached hydrogens (primary N) is 1. The van der Waals surface area contributed by atoms with E-state index in [9.17, 15) is 5.11 Å². The number of aliphatic hydroxyl groups excluding tert-OH is 1. The van der Waals surface area contributed by atoms with E-state index in [0.717, 1.165) is 13.0 Å². The summed E-state index contributed by atoms with van der Waals surface area (Å²) in [7, 11) is 0. The fourth-order valence-electron chi connectivity index (χ4n) is 2.71. The van der Waals surface area contributed by atoms with Crippen LogP contribution in [0.1, 0.15) is 38.5 Å². The summed E-state index contributed by atoms with van der Waals surface area (Å²) in [6, 6.07) is 0. The van der Waals surface area contributed by atoms with Gasteiger partial charge in [-0.25, -0.2) is 0 Å². The van der Waals surface area contributed by atoms with E-state index in [-0.39, 0.29) is 6.10 Å². The van der Waals surface area contributed by atoms with Crippen LogP contribution in [0.2, 0.25) is 0 Å². The van der Waals surface area contributed by atoms with Gasteiger partial charge in [-0.2, -0.15) is 0 Å². The zero-order valence-corrected chi connectivity index (χ0v) is 7.63. The van der Waals surface area contributed by atoms with Crippen molar-refractivity contribution in [3.05, 3.63) is 0 Å². The molecule has 2 fully saturated rings. The summed E-state index contributed by atoms with van der Waals surface area (Å²) < 4.78 is 0. The lowest BCUT2D eigenvalue weighted by molar-refractivity contribution is 0.0302. The minimum atomic E-state index is -0.0511. The third-order valence-corrected chi connectivity index (χ3v) is 3.81. The molecule has 0 amide bonds. The van der Waals surface area contributed by atoms with Crippen LogP contribution in [0, 0.1) is 11.3 Å². The Bertz CT molecular complexity index is 165. The van der Waals surface area contributed by atoms with Crippen molar-refractivity contribution in [3.8, 4) is 0 Å². The Hall–Kier alpha value is -0.0800. The maximum absolute atomic E-state index is 9.82. The molecule has 2 nitrogen and oxygen atoms in total. The summed E-state index contributed by atoms with van der Waals surface area (Å²) in [5.41, 5.74) is 6.11. The summed E-state index contributed by atoms with van der Waals surface area (Å²) in [6.07, 6.45) is 7.17. The Morgan fingerprint density at radius 2 is 1.92 bits per heavy atom. The fourth-order valence-corrected chi connectivity index (χ4v) is 2.71. The Kier molecular flexibility index (Phi) is 2.13. The van der Waals surface area contributed by atoms with Gasteiger partial charge in [0.05, 0.1) is 6.10 Å². The predicted octanol–water partition coefficient (Wildman–Crippen LogP) is 1.28. The van der Waals surface area contributed by atoms with E-state index in [2.05, 4.69) is 0 Å². The van der Waals surface area contributed by atoms with Gasteiger partial charge in [-0.05, 0) is 43.6 Å². The van der Waals surface area contributed by atoms with Crippen LogP contribution >= 0.6 is 0 Å². The van der Waals surface area contributed by atoms with Gasteiger partial charge < -0.3 is 10.8 Å². The molecule has 70 valence electrons. The van der Waals surface area contributed by atoms with Gasteiger partial charge >= 0.3 is 0 Å². The maximum Gasteiger partial charge on any atom is 0.0574 e. The second-order valence-electron chi connectivity index (χ2n) is 4.52. The summed E-state index contributed by atoms with van der Waals surface area (Å²) in [4.78, 5) is 0. The van der Waals surface area contributed by atoms with E-state index in [1.807, 2.05) is 0 Å². The smallest absolute Gasteiger partial charge is 0.0574 e. The van der Waals surface area contributed by atoms with Gasteiger partial charge in [0.2, 0.25) is 0 Å². The highest BCUT2D eigenvalue weighted by Crippen LogP contribution is 2.55. The zero-order chi connectivity index (χ0) is 8.60. The lowest BCUT2D eigenvalue weighted by atomic mass is 9.76. The number of aliphatic hydroxyl groups is 1. The molecule has 2 unspecified atom stereocenters. The first kappa shape index (κ1) is 8.52. The number of hydrogen-bond donors (Lipinski definition) is 2. The van der Waals surface area contributed by atoms with Crippen LogP contribution in [0.4, 0.5) is 0 Å². The lowest BCUT2D eigenvalue weighted by Gasteiger charge is -2.34. The molecule has 2 atom stereocenters. The van der Waals surface area contributed by atoms with E-state index in [1.54, 1.807) is 0 Å². The van der Waals surface area contributed by atoms with Gasteiger partial charge in [-0.3, -0.25) is 0 Å². The Morgan fingerprint density at radius 1 is 1.25 bits per heavy atom. The molecule has 0 aromatic carbocycles. The molecule has 0 bridgehead atoms. The quantitative estimate of drug-likeness (QED) is 0.654. The predicted molar refractivity (Wildman–Crippen MR) is 48.7 cm³/mol. The van der Waals surface area contributed by atoms with Gasteiger partial charge in [0.25, 0.3) is 0 Å². The molecule has 0 saturated heterocycles. The first-order valence-corrected chi connectivity index (χ1v) is 5.17. The van der Waals surface area contributed by atoms with Crippen molar-refractivity contribution in [2.75, 3.05) is 6.54 Å². The molecule has 2 aliphatic rings. The molecular weight excluding hydrogens is 150 g/mol. The number of hydrogen-bond acceptors (Lipinski definition) is 2. The van der Waals surface area contributed by atoms with Crippen LogP contribution in [0.5, 0.6) is 0 Å². The summed E-state index contributed by atoms with van der Waals surface area (Å²) in [5, 5.41) is 9.82. The van der Waals surface area contributed by atoms with Gasteiger partial charge in [0.1, 0.15) is 0 Å². The summed E-state index contributed by atoms with van der Waals surface area (Å²) in [6.45, 7) is 0.786. The van der Waals surface area contributed by atoms with E-state index in [1.165, 1.54) is 32.1 Å². The normalized spacial score (nSPS) is 39.5. The molecule has 0 heterocycles.